The zero-order valence-corrected chi connectivity index (χ0v) is 15.1. The maximum absolute atomic E-state index is 12.0. The average molecular weight is 357 g/mol. The van der Waals surface area contributed by atoms with Crippen LogP contribution in [0.2, 0.25) is 5.02 Å². The van der Waals surface area contributed by atoms with Crippen molar-refractivity contribution >= 4 is 29.2 Å². The number of carbonyl (C=O) groups is 2. The summed E-state index contributed by atoms with van der Waals surface area (Å²) in [6.45, 7) is 6.85. The van der Waals surface area contributed by atoms with Crippen molar-refractivity contribution in [2.75, 3.05) is 18.5 Å². The highest BCUT2D eigenvalue weighted by Crippen LogP contribution is 2.20. The number of amides is 1. The third kappa shape index (κ3) is 7.77. The highest BCUT2D eigenvalue weighted by molar-refractivity contribution is 6.31. The lowest BCUT2D eigenvalue weighted by molar-refractivity contribution is -0.682. The molecule has 0 saturated carbocycles. The monoisotopic (exact) mass is 356 g/mol. The Balaban J connectivity index is 2.44. The van der Waals surface area contributed by atoms with Gasteiger partial charge in [-0.3, -0.25) is 4.79 Å². The summed E-state index contributed by atoms with van der Waals surface area (Å²) in [6, 6.07) is 4.22. The summed E-state index contributed by atoms with van der Waals surface area (Å²) in [5, 5.41) is 16.0. The first-order valence-electron chi connectivity index (χ1n) is 8.01. The number of halogens is 1. The molecule has 0 unspecified atom stereocenters. The van der Waals surface area contributed by atoms with Gasteiger partial charge in [-0.15, -0.1) is 0 Å². The van der Waals surface area contributed by atoms with Crippen molar-refractivity contribution in [3.63, 3.8) is 0 Å². The Morgan fingerprint density at radius 3 is 2.67 bits per heavy atom. The highest BCUT2D eigenvalue weighted by atomic mass is 35.5. The molecule has 0 radical (unpaired) electrons. The van der Waals surface area contributed by atoms with Crippen LogP contribution in [0.25, 0.3) is 0 Å². The summed E-state index contributed by atoms with van der Waals surface area (Å²) < 4.78 is 5.39. The summed E-state index contributed by atoms with van der Waals surface area (Å²) in [5.74, 6) is -1.64. The molecule has 1 rings (SSSR count). The molecule has 24 heavy (non-hydrogen) atoms. The minimum atomic E-state index is -1.25. The second kappa shape index (κ2) is 10.3. The molecule has 0 aliphatic heterocycles. The van der Waals surface area contributed by atoms with Gasteiger partial charge < -0.3 is 25.3 Å². The lowest BCUT2D eigenvalue weighted by Gasteiger charge is -2.17. The molecule has 1 aromatic rings. The zero-order chi connectivity index (χ0) is 18.1. The van der Waals surface area contributed by atoms with Crippen LogP contribution in [0.5, 0.6) is 0 Å². The number of anilines is 1. The van der Waals surface area contributed by atoms with E-state index in [0.717, 1.165) is 5.56 Å². The SMILES string of the molecule is Cc1ccc(NC(=O)C[C@@H]([NH2+]CCCOC(C)C)C(=O)[O-])cc1Cl. The number of aliphatic carboxylic acids is 1. The van der Waals surface area contributed by atoms with Crippen LogP contribution in [-0.4, -0.2) is 37.2 Å². The minimum absolute atomic E-state index is 0.147. The number of carboxylic acids is 1. The molecule has 3 N–H and O–H groups in total. The van der Waals surface area contributed by atoms with Crippen LogP contribution < -0.4 is 15.7 Å². The summed E-state index contributed by atoms with van der Waals surface area (Å²) in [5.41, 5.74) is 1.44. The quantitative estimate of drug-likeness (QED) is 0.596. The van der Waals surface area contributed by atoms with Crippen LogP contribution >= 0.6 is 11.6 Å². The third-order valence-corrected chi connectivity index (χ3v) is 3.82. The minimum Gasteiger partial charge on any atom is -0.544 e. The molecule has 1 amide bonds. The van der Waals surface area contributed by atoms with Crippen molar-refractivity contribution in [3.8, 4) is 0 Å². The fraction of sp³-hybridized carbons (Fsp3) is 0.529. The van der Waals surface area contributed by atoms with Gasteiger partial charge in [0.05, 0.1) is 31.6 Å². The van der Waals surface area contributed by atoms with E-state index in [1.165, 1.54) is 0 Å². The van der Waals surface area contributed by atoms with Crippen molar-refractivity contribution in [1.82, 2.24) is 0 Å². The molecule has 0 aliphatic carbocycles. The van der Waals surface area contributed by atoms with Gasteiger partial charge in [0.1, 0.15) is 6.04 Å². The fourth-order valence-corrected chi connectivity index (χ4v) is 2.25. The number of quaternary nitrogens is 1. The first kappa shape index (κ1) is 20.4. The molecular formula is C17H25ClN2O4. The van der Waals surface area contributed by atoms with E-state index in [4.69, 9.17) is 16.3 Å². The standard InChI is InChI=1S/C17H25ClN2O4/c1-11(2)24-8-4-7-19-15(17(22)23)10-16(21)20-13-6-5-12(3)14(18)9-13/h5-6,9,11,15,19H,4,7-8,10H2,1-3H3,(H,20,21)(H,22,23)/t15-/m1/s1. The number of carboxylic acid groups (broad SMARTS) is 1. The first-order valence-corrected chi connectivity index (χ1v) is 8.39. The van der Waals surface area contributed by atoms with Gasteiger partial charge in [0.15, 0.2) is 0 Å². The molecule has 1 atom stereocenters. The molecule has 0 saturated heterocycles. The van der Waals surface area contributed by atoms with Crippen molar-refractivity contribution < 1.29 is 24.7 Å². The van der Waals surface area contributed by atoms with Gasteiger partial charge >= 0.3 is 0 Å². The van der Waals surface area contributed by atoms with E-state index in [-0.39, 0.29) is 18.4 Å². The van der Waals surface area contributed by atoms with Crippen LogP contribution in [0, 0.1) is 6.92 Å². The molecule has 134 valence electrons. The predicted molar refractivity (Wildman–Crippen MR) is 90.7 cm³/mol. The lowest BCUT2D eigenvalue weighted by Crippen LogP contribution is -2.93. The molecule has 0 aliphatic rings. The molecule has 1 aromatic carbocycles. The van der Waals surface area contributed by atoms with Gasteiger partial charge in [-0.1, -0.05) is 17.7 Å². The average Bonchev–Trinajstić information content (AvgIpc) is 2.49. The third-order valence-electron chi connectivity index (χ3n) is 3.41. The van der Waals surface area contributed by atoms with Gasteiger partial charge in [-0.05, 0) is 38.5 Å². The summed E-state index contributed by atoms with van der Waals surface area (Å²) >= 11 is 6.00. The molecular weight excluding hydrogens is 332 g/mol. The number of nitrogens with one attached hydrogen (secondary N) is 1. The molecule has 0 spiro atoms. The Morgan fingerprint density at radius 2 is 2.08 bits per heavy atom. The van der Waals surface area contributed by atoms with E-state index in [9.17, 15) is 14.7 Å². The van der Waals surface area contributed by atoms with Gasteiger partial charge in [0.2, 0.25) is 5.91 Å². The van der Waals surface area contributed by atoms with E-state index in [1.807, 2.05) is 20.8 Å². The highest BCUT2D eigenvalue weighted by Gasteiger charge is 2.18. The number of carbonyl (C=O) groups excluding carboxylic acids is 2. The number of ether oxygens (including phenoxy) is 1. The van der Waals surface area contributed by atoms with Gasteiger partial charge in [0, 0.05) is 17.1 Å². The van der Waals surface area contributed by atoms with Crippen LogP contribution in [0.4, 0.5) is 5.69 Å². The second-order valence-corrected chi connectivity index (χ2v) is 6.35. The normalized spacial score (nSPS) is 12.2. The van der Waals surface area contributed by atoms with Crippen LogP contribution in [0.3, 0.4) is 0 Å². The summed E-state index contributed by atoms with van der Waals surface area (Å²) in [7, 11) is 0. The topological polar surface area (TPSA) is 95.1 Å². The molecule has 0 aromatic heterocycles. The first-order chi connectivity index (χ1) is 11.3. The zero-order valence-electron chi connectivity index (χ0n) is 14.3. The molecule has 0 bridgehead atoms. The van der Waals surface area contributed by atoms with E-state index in [2.05, 4.69) is 5.32 Å². The Hall–Kier alpha value is -1.63. The van der Waals surface area contributed by atoms with Crippen LogP contribution in [-0.2, 0) is 14.3 Å². The van der Waals surface area contributed by atoms with E-state index in [0.29, 0.717) is 30.3 Å². The van der Waals surface area contributed by atoms with E-state index >= 15 is 0 Å². The Kier molecular flexibility index (Phi) is 8.74. The molecule has 6 nitrogen and oxygen atoms in total. The van der Waals surface area contributed by atoms with Crippen LogP contribution in [0.15, 0.2) is 18.2 Å². The molecule has 0 fully saturated rings. The Morgan fingerprint density at radius 1 is 1.38 bits per heavy atom. The lowest BCUT2D eigenvalue weighted by atomic mass is 10.1. The largest absolute Gasteiger partial charge is 0.544 e. The van der Waals surface area contributed by atoms with E-state index < -0.39 is 12.0 Å². The summed E-state index contributed by atoms with van der Waals surface area (Å²) in [6.07, 6.45) is 0.685. The number of hydrogen-bond acceptors (Lipinski definition) is 4. The van der Waals surface area contributed by atoms with Crippen molar-refractivity contribution in [3.05, 3.63) is 28.8 Å². The van der Waals surface area contributed by atoms with Crippen LogP contribution in [0.1, 0.15) is 32.3 Å². The van der Waals surface area contributed by atoms with E-state index in [1.54, 1.807) is 23.5 Å². The number of hydrogen-bond donors (Lipinski definition) is 2. The number of aryl methyl sites for hydroxylation is 1. The van der Waals surface area contributed by atoms with Gasteiger partial charge in [0.25, 0.3) is 0 Å². The second-order valence-electron chi connectivity index (χ2n) is 5.94. The fourth-order valence-electron chi connectivity index (χ4n) is 2.07. The summed E-state index contributed by atoms with van der Waals surface area (Å²) in [4.78, 5) is 23.2. The molecule has 7 heteroatoms. The number of benzene rings is 1. The maximum Gasteiger partial charge on any atom is 0.230 e. The van der Waals surface area contributed by atoms with Gasteiger partial charge in [-0.2, -0.15) is 0 Å². The molecule has 0 heterocycles. The Bertz CT molecular complexity index is 564. The van der Waals surface area contributed by atoms with Gasteiger partial charge in [-0.25, -0.2) is 0 Å². The van der Waals surface area contributed by atoms with Crippen molar-refractivity contribution in [1.29, 1.82) is 0 Å². The number of nitrogens with two attached hydrogens (primary N) is 1. The predicted octanol–water partition coefficient (Wildman–Crippen LogP) is 0.474. The Labute approximate surface area is 147 Å². The maximum atomic E-state index is 12.0. The number of rotatable bonds is 10. The van der Waals surface area contributed by atoms with Crippen molar-refractivity contribution in [2.24, 2.45) is 0 Å². The van der Waals surface area contributed by atoms with Crippen molar-refractivity contribution in [2.45, 2.75) is 45.8 Å². The smallest absolute Gasteiger partial charge is 0.230 e.